The molecule has 3 aromatic rings. The summed E-state index contributed by atoms with van der Waals surface area (Å²) in [6, 6.07) is 1.72. The minimum Gasteiger partial charge on any atom is -0.355 e. The second kappa shape index (κ2) is 2.84. The summed E-state index contributed by atoms with van der Waals surface area (Å²) in [6.07, 6.45) is 2.99. The maximum absolute atomic E-state index is 5.01. The van der Waals surface area contributed by atoms with E-state index in [9.17, 15) is 0 Å². The van der Waals surface area contributed by atoms with Crippen LogP contribution in [-0.2, 0) is 0 Å². The van der Waals surface area contributed by atoms with Crippen molar-refractivity contribution >= 4 is 5.78 Å². The van der Waals surface area contributed by atoms with Gasteiger partial charge >= 0.3 is 0 Å². The lowest BCUT2D eigenvalue weighted by Crippen LogP contribution is -2.01. The molecule has 0 atom stereocenters. The van der Waals surface area contributed by atoms with Crippen molar-refractivity contribution in [3.05, 3.63) is 24.3 Å². The molecule has 0 N–H and O–H groups in total. The first-order valence-corrected chi connectivity index (χ1v) is 4.30. The van der Waals surface area contributed by atoms with Gasteiger partial charge in [-0.1, -0.05) is 5.16 Å². The summed E-state index contributed by atoms with van der Waals surface area (Å²) in [6.45, 7) is 1.87. The summed E-state index contributed by atoms with van der Waals surface area (Å²) in [5.41, 5.74) is 1.43. The number of aryl methyl sites for hydroxylation is 1. The van der Waals surface area contributed by atoms with E-state index in [0.717, 1.165) is 5.69 Å². The predicted octanol–water partition coefficient (Wildman–Crippen LogP) is 0.483. The van der Waals surface area contributed by atoms with E-state index in [1.54, 1.807) is 16.8 Å². The smallest absolute Gasteiger partial charge is 0.271 e. The predicted molar refractivity (Wildman–Crippen MR) is 48.8 cm³/mol. The normalized spacial score (nSPS) is 11.0. The average Bonchev–Trinajstić information content (AvgIpc) is 2.87. The molecule has 0 aliphatic rings. The summed E-state index contributed by atoms with van der Waals surface area (Å²) in [5.74, 6) is 1.04. The van der Waals surface area contributed by atoms with Gasteiger partial charge in [0.15, 0.2) is 11.5 Å². The Bertz CT molecular complexity index is 599. The van der Waals surface area contributed by atoms with Gasteiger partial charge in [0.1, 0.15) is 6.33 Å². The van der Waals surface area contributed by atoms with Crippen LogP contribution in [0.1, 0.15) is 5.69 Å². The molecule has 0 radical (unpaired) electrons. The van der Waals surface area contributed by atoms with Crippen LogP contribution >= 0.6 is 0 Å². The molecule has 7 heteroatoms. The first kappa shape index (κ1) is 8.04. The highest BCUT2D eigenvalue weighted by Crippen LogP contribution is 2.18. The van der Waals surface area contributed by atoms with Crippen molar-refractivity contribution in [2.75, 3.05) is 0 Å². The average molecular weight is 202 g/mol. The second-order valence-electron chi connectivity index (χ2n) is 2.98. The molecule has 74 valence electrons. The first-order valence-electron chi connectivity index (χ1n) is 4.30. The largest absolute Gasteiger partial charge is 0.355 e. The van der Waals surface area contributed by atoms with Crippen LogP contribution in [0.5, 0.6) is 0 Å². The van der Waals surface area contributed by atoms with Gasteiger partial charge in [-0.05, 0) is 6.92 Å². The minimum absolute atomic E-state index is 0.468. The lowest BCUT2D eigenvalue weighted by atomic mass is 10.3. The minimum atomic E-state index is 0.468. The van der Waals surface area contributed by atoms with Gasteiger partial charge in [0, 0.05) is 6.07 Å². The fraction of sp³-hybridized carbons (Fsp3) is 0.125. The zero-order valence-electron chi connectivity index (χ0n) is 7.82. The Kier molecular flexibility index (Phi) is 1.52. The Morgan fingerprint density at radius 3 is 3.07 bits per heavy atom. The Morgan fingerprint density at radius 2 is 2.27 bits per heavy atom. The standard InChI is InChI=1S/C8H6N6O/c1-5-7(6-2-3-11-15-6)12-13-8-9-4-10-14(5)8/h2-4H,1H3. The molecule has 0 fully saturated rings. The van der Waals surface area contributed by atoms with Crippen LogP contribution in [0.15, 0.2) is 23.1 Å². The first-order chi connectivity index (χ1) is 7.36. The van der Waals surface area contributed by atoms with Gasteiger partial charge in [-0.25, -0.2) is 0 Å². The van der Waals surface area contributed by atoms with Crippen LogP contribution in [-0.4, -0.2) is 30.0 Å². The Balaban J connectivity index is 2.32. The van der Waals surface area contributed by atoms with E-state index in [0.29, 0.717) is 17.2 Å². The van der Waals surface area contributed by atoms with Crippen molar-refractivity contribution in [2.45, 2.75) is 6.92 Å². The Morgan fingerprint density at radius 1 is 1.33 bits per heavy atom. The Hall–Kier alpha value is -2.31. The highest BCUT2D eigenvalue weighted by molar-refractivity contribution is 5.54. The maximum atomic E-state index is 5.01. The molecule has 3 aromatic heterocycles. The van der Waals surface area contributed by atoms with Crippen molar-refractivity contribution in [3.8, 4) is 11.5 Å². The molecular weight excluding hydrogens is 196 g/mol. The summed E-state index contributed by atoms with van der Waals surface area (Å²) in [4.78, 5) is 3.93. The maximum Gasteiger partial charge on any atom is 0.271 e. The summed E-state index contributed by atoms with van der Waals surface area (Å²) < 4.78 is 6.61. The van der Waals surface area contributed by atoms with Crippen molar-refractivity contribution in [1.29, 1.82) is 0 Å². The third-order valence-corrected chi connectivity index (χ3v) is 2.10. The van der Waals surface area contributed by atoms with Gasteiger partial charge < -0.3 is 4.52 Å². The van der Waals surface area contributed by atoms with E-state index in [1.807, 2.05) is 6.92 Å². The molecule has 0 aliphatic carbocycles. The molecule has 0 saturated heterocycles. The summed E-state index contributed by atoms with van der Waals surface area (Å²) in [5, 5.41) is 15.6. The molecule has 0 aliphatic heterocycles. The number of rotatable bonds is 1. The van der Waals surface area contributed by atoms with Crippen molar-refractivity contribution in [3.63, 3.8) is 0 Å². The van der Waals surface area contributed by atoms with Gasteiger partial charge in [0.05, 0.1) is 11.9 Å². The number of nitrogens with zero attached hydrogens (tertiary/aromatic N) is 6. The highest BCUT2D eigenvalue weighted by Gasteiger charge is 2.12. The number of hydrogen-bond donors (Lipinski definition) is 0. The van der Waals surface area contributed by atoms with E-state index >= 15 is 0 Å². The molecule has 0 saturated carbocycles. The molecular formula is C8H6N6O. The molecule has 0 amide bonds. The van der Waals surface area contributed by atoms with Crippen molar-refractivity contribution < 1.29 is 4.52 Å². The van der Waals surface area contributed by atoms with Crippen LogP contribution < -0.4 is 0 Å². The van der Waals surface area contributed by atoms with Crippen LogP contribution in [0.25, 0.3) is 17.2 Å². The third-order valence-electron chi connectivity index (χ3n) is 2.10. The summed E-state index contributed by atoms with van der Waals surface area (Å²) >= 11 is 0. The second-order valence-corrected chi connectivity index (χ2v) is 2.98. The van der Waals surface area contributed by atoms with Gasteiger partial charge in [0.2, 0.25) is 0 Å². The molecule has 3 rings (SSSR count). The molecule has 0 bridgehead atoms. The van der Waals surface area contributed by atoms with Crippen LogP contribution in [0.3, 0.4) is 0 Å². The van der Waals surface area contributed by atoms with E-state index in [-0.39, 0.29) is 0 Å². The van der Waals surface area contributed by atoms with E-state index in [2.05, 4.69) is 25.4 Å². The van der Waals surface area contributed by atoms with E-state index in [1.165, 1.54) is 6.33 Å². The van der Waals surface area contributed by atoms with Gasteiger partial charge in [-0.3, -0.25) is 0 Å². The molecule has 15 heavy (non-hydrogen) atoms. The van der Waals surface area contributed by atoms with E-state index in [4.69, 9.17) is 4.52 Å². The summed E-state index contributed by atoms with van der Waals surface area (Å²) in [7, 11) is 0. The third kappa shape index (κ3) is 1.09. The fourth-order valence-electron chi connectivity index (χ4n) is 1.37. The zero-order valence-corrected chi connectivity index (χ0v) is 7.82. The van der Waals surface area contributed by atoms with Gasteiger partial charge in [0.25, 0.3) is 5.78 Å². The number of fused-ring (bicyclic) bond motifs is 1. The van der Waals surface area contributed by atoms with Gasteiger partial charge in [-0.2, -0.15) is 14.6 Å². The van der Waals surface area contributed by atoms with Crippen LogP contribution in [0.2, 0.25) is 0 Å². The monoisotopic (exact) mass is 202 g/mol. The van der Waals surface area contributed by atoms with Crippen LogP contribution in [0, 0.1) is 6.92 Å². The SMILES string of the molecule is Cc1c(-c2ccno2)nnc2ncnn12. The molecule has 3 heterocycles. The molecule has 0 spiro atoms. The van der Waals surface area contributed by atoms with E-state index < -0.39 is 0 Å². The zero-order chi connectivity index (χ0) is 10.3. The lowest BCUT2D eigenvalue weighted by molar-refractivity contribution is 0.430. The van der Waals surface area contributed by atoms with Crippen molar-refractivity contribution in [1.82, 2.24) is 30.0 Å². The number of aromatic nitrogens is 6. The molecule has 0 unspecified atom stereocenters. The highest BCUT2D eigenvalue weighted by atomic mass is 16.5. The fourth-order valence-corrected chi connectivity index (χ4v) is 1.37. The molecule has 0 aromatic carbocycles. The lowest BCUT2D eigenvalue weighted by Gasteiger charge is -2.00. The van der Waals surface area contributed by atoms with Crippen molar-refractivity contribution in [2.24, 2.45) is 0 Å². The quantitative estimate of drug-likeness (QED) is 0.570. The van der Waals surface area contributed by atoms with Gasteiger partial charge in [-0.15, -0.1) is 10.2 Å². The number of hydrogen-bond acceptors (Lipinski definition) is 6. The Labute approximate surface area is 83.8 Å². The molecule has 7 nitrogen and oxygen atoms in total. The topological polar surface area (TPSA) is 82.0 Å². The van der Waals surface area contributed by atoms with Crippen LogP contribution in [0.4, 0.5) is 0 Å².